The van der Waals surface area contributed by atoms with Crippen molar-refractivity contribution in [1.29, 1.82) is 0 Å². The van der Waals surface area contributed by atoms with E-state index in [2.05, 4.69) is 21.4 Å². The first-order valence-corrected chi connectivity index (χ1v) is 6.50. The molecule has 0 spiro atoms. The molecule has 1 aliphatic carbocycles. The van der Waals surface area contributed by atoms with Gasteiger partial charge in [0.15, 0.2) is 0 Å². The molecule has 0 atom stereocenters. The van der Waals surface area contributed by atoms with Crippen LogP contribution in [0.2, 0.25) is 0 Å². The lowest BCUT2D eigenvalue weighted by atomic mass is 9.97. The monoisotopic (exact) mass is 245 g/mol. The molecule has 2 rings (SSSR count). The van der Waals surface area contributed by atoms with Crippen LogP contribution in [-0.4, -0.2) is 22.4 Å². The molecule has 0 fully saturated rings. The minimum atomic E-state index is -0.0913. The molecule has 1 heterocycles. The van der Waals surface area contributed by atoms with Crippen molar-refractivity contribution in [3.63, 3.8) is 0 Å². The Balaban J connectivity index is 1.78. The molecule has 1 N–H and O–H groups in total. The number of hydrogen-bond acceptors (Lipinski definition) is 3. The summed E-state index contributed by atoms with van der Waals surface area (Å²) in [6, 6.07) is 0. The van der Waals surface area contributed by atoms with E-state index in [0.29, 0.717) is 17.9 Å². The molecule has 1 aromatic rings. The zero-order chi connectivity index (χ0) is 12.8. The fourth-order valence-electron chi connectivity index (χ4n) is 2.08. The summed E-state index contributed by atoms with van der Waals surface area (Å²) in [7, 11) is 0. The number of carbonyl (C=O) groups is 1. The normalized spacial score (nSPS) is 15.1. The van der Waals surface area contributed by atoms with E-state index in [1.54, 1.807) is 19.3 Å². The van der Waals surface area contributed by atoms with Crippen molar-refractivity contribution in [2.24, 2.45) is 0 Å². The van der Waals surface area contributed by atoms with Gasteiger partial charge in [-0.05, 0) is 39.0 Å². The molecule has 18 heavy (non-hydrogen) atoms. The standard InChI is InChI=1S/C14H19N3O/c1-11-16-9-13(10-17-11)14(18)15-8-7-12-5-3-2-4-6-12/h5,9-10H,2-4,6-8H2,1H3,(H,15,18). The lowest BCUT2D eigenvalue weighted by Gasteiger charge is -2.12. The van der Waals surface area contributed by atoms with E-state index in [4.69, 9.17) is 0 Å². The van der Waals surface area contributed by atoms with Crippen molar-refractivity contribution >= 4 is 5.91 Å². The minimum absolute atomic E-state index is 0.0913. The SMILES string of the molecule is Cc1ncc(C(=O)NCCC2=CCCCC2)cn1. The van der Waals surface area contributed by atoms with Crippen LogP contribution in [0.15, 0.2) is 24.0 Å². The number of aromatic nitrogens is 2. The Labute approximate surface area is 108 Å². The maximum atomic E-state index is 11.8. The molecular weight excluding hydrogens is 226 g/mol. The summed E-state index contributed by atoms with van der Waals surface area (Å²) in [5.41, 5.74) is 2.00. The molecule has 0 aliphatic heterocycles. The molecule has 1 aromatic heterocycles. The van der Waals surface area contributed by atoms with Gasteiger partial charge in [-0.25, -0.2) is 9.97 Å². The van der Waals surface area contributed by atoms with Gasteiger partial charge in [0.05, 0.1) is 5.56 Å². The third kappa shape index (κ3) is 3.65. The number of nitrogens with one attached hydrogen (secondary N) is 1. The van der Waals surface area contributed by atoms with Gasteiger partial charge in [-0.2, -0.15) is 0 Å². The van der Waals surface area contributed by atoms with Crippen LogP contribution in [0.5, 0.6) is 0 Å². The van der Waals surface area contributed by atoms with E-state index in [-0.39, 0.29) is 5.91 Å². The first-order valence-electron chi connectivity index (χ1n) is 6.50. The molecule has 0 unspecified atom stereocenters. The molecule has 0 saturated carbocycles. The van der Waals surface area contributed by atoms with E-state index < -0.39 is 0 Å². The van der Waals surface area contributed by atoms with Gasteiger partial charge in [0.2, 0.25) is 0 Å². The van der Waals surface area contributed by atoms with Crippen molar-refractivity contribution < 1.29 is 4.79 Å². The summed E-state index contributed by atoms with van der Waals surface area (Å²) >= 11 is 0. The van der Waals surface area contributed by atoms with Crippen LogP contribution in [0.25, 0.3) is 0 Å². The van der Waals surface area contributed by atoms with Crippen molar-refractivity contribution in [3.8, 4) is 0 Å². The summed E-state index contributed by atoms with van der Waals surface area (Å²) in [5.74, 6) is 0.588. The number of amides is 1. The van der Waals surface area contributed by atoms with E-state index in [9.17, 15) is 4.79 Å². The maximum absolute atomic E-state index is 11.8. The van der Waals surface area contributed by atoms with Crippen LogP contribution in [0.3, 0.4) is 0 Å². The predicted molar refractivity (Wildman–Crippen MR) is 70.3 cm³/mol. The molecule has 4 nitrogen and oxygen atoms in total. The summed E-state index contributed by atoms with van der Waals surface area (Å²) in [4.78, 5) is 19.8. The second-order valence-corrected chi connectivity index (χ2v) is 4.63. The molecule has 0 saturated heterocycles. The number of carbonyl (C=O) groups excluding carboxylic acids is 1. The summed E-state index contributed by atoms with van der Waals surface area (Å²) < 4.78 is 0. The molecule has 4 heteroatoms. The van der Waals surface area contributed by atoms with Gasteiger partial charge in [-0.15, -0.1) is 0 Å². The highest BCUT2D eigenvalue weighted by atomic mass is 16.1. The minimum Gasteiger partial charge on any atom is -0.352 e. The van der Waals surface area contributed by atoms with E-state index in [1.807, 2.05) is 0 Å². The Morgan fingerprint density at radius 2 is 2.11 bits per heavy atom. The smallest absolute Gasteiger partial charge is 0.254 e. The Morgan fingerprint density at radius 3 is 2.78 bits per heavy atom. The molecule has 0 bridgehead atoms. The number of nitrogens with zero attached hydrogens (tertiary/aromatic N) is 2. The summed E-state index contributed by atoms with van der Waals surface area (Å²) in [6.45, 7) is 2.50. The number of rotatable bonds is 4. The van der Waals surface area contributed by atoms with Gasteiger partial charge in [-0.1, -0.05) is 11.6 Å². The molecule has 1 amide bonds. The lowest BCUT2D eigenvalue weighted by Crippen LogP contribution is -2.25. The van der Waals surface area contributed by atoms with Gasteiger partial charge < -0.3 is 5.32 Å². The van der Waals surface area contributed by atoms with Crippen LogP contribution >= 0.6 is 0 Å². The van der Waals surface area contributed by atoms with Crippen molar-refractivity contribution in [3.05, 3.63) is 35.4 Å². The fraction of sp³-hybridized carbons (Fsp3) is 0.500. The highest BCUT2D eigenvalue weighted by Gasteiger charge is 2.07. The zero-order valence-electron chi connectivity index (χ0n) is 10.8. The van der Waals surface area contributed by atoms with Crippen LogP contribution < -0.4 is 5.32 Å². The van der Waals surface area contributed by atoms with Crippen LogP contribution in [0.4, 0.5) is 0 Å². The third-order valence-electron chi connectivity index (χ3n) is 3.16. The lowest BCUT2D eigenvalue weighted by molar-refractivity contribution is 0.0953. The Bertz CT molecular complexity index is 437. The first kappa shape index (κ1) is 12.7. The average molecular weight is 245 g/mol. The number of allylic oxidation sites excluding steroid dienone is 1. The van der Waals surface area contributed by atoms with E-state index in [1.165, 1.54) is 31.3 Å². The quantitative estimate of drug-likeness (QED) is 0.829. The Hall–Kier alpha value is -1.71. The van der Waals surface area contributed by atoms with Gasteiger partial charge >= 0.3 is 0 Å². The molecule has 0 radical (unpaired) electrons. The van der Waals surface area contributed by atoms with Crippen molar-refractivity contribution in [1.82, 2.24) is 15.3 Å². The molecule has 0 aromatic carbocycles. The Kier molecular flexibility index (Phi) is 4.45. The highest BCUT2D eigenvalue weighted by molar-refractivity contribution is 5.93. The molecular formula is C14H19N3O. The van der Waals surface area contributed by atoms with Gasteiger partial charge in [0, 0.05) is 18.9 Å². The van der Waals surface area contributed by atoms with Gasteiger partial charge in [-0.3, -0.25) is 4.79 Å². The fourth-order valence-corrected chi connectivity index (χ4v) is 2.08. The molecule has 96 valence electrons. The largest absolute Gasteiger partial charge is 0.352 e. The van der Waals surface area contributed by atoms with Crippen LogP contribution in [-0.2, 0) is 0 Å². The molecule has 1 aliphatic rings. The summed E-state index contributed by atoms with van der Waals surface area (Å²) in [5, 5.41) is 2.91. The number of aryl methyl sites for hydroxylation is 1. The third-order valence-corrected chi connectivity index (χ3v) is 3.16. The number of hydrogen-bond donors (Lipinski definition) is 1. The Morgan fingerprint density at radius 1 is 1.33 bits per heavy atom. The highest BCUT2D eigenvalue weighted by Crippen LogP contribution is 2.19. The van der Waals surface area contributed by atoms with Gasteiger partial charge in [0.1, 0.15) is 5.82 Å². The van der Waals surface area contributed by atoms with Crippen LogP contribution in [0.1, 0.15) is 48.3 Å². The maximum Gasteiger partial charge on any atom is 0.254 e. The first-order chi connectivity index (χ1) is 8.75. The topological polar surface area (TPSA) is 54.9 Å². The average Bonchev–Trinajstić information content (AvgIpc) is 2.40. The van der Waals surface area contributed by atoms with Gasteiger partial charge in [0.25, 0.3) is 5.91 Å². The van der Waals surface area contributed by atoms with Crippen molar-refractivity contribution in [2.45, 2.75) is 39.0 Å². The second kappa shape index (κ2) is 6.28. The van der Waals surface area contributed by atoms with Crippen LogP contribution in [0, 0.1) is 6.92 Å². The second-order valence-electron chi connectivity index (χ2n) is 4.63. The zero-order valence-corrected chi connectivity index (χ0v) is 10.8. The van der Waals surface area contributed by atoms with Crippen molar-refractivity contribution in [2.75, 3.05) is 6.54 Å². The summed E-state index contributed by atoms with van der Waals surface area (Å²) in [6.07, 6.45) is 11.4. The van der Waals surface area contributed by atoms with E-state index >= 15 is 0 Å². The van der Waals surface area contributed by atoms with E-state index in [0.717, 1.165) is 6.42 Å². The predicted octanol–water partition coefficient (Wildman–Crippen LogP) is 2.41.